The Kier molecular flexibility index (Phi) is 3.78. The predicted molar refractivity (Wildman–Crippen MR) is 73.2 cm³/mol. The fourth-order valence-electron chi connectivity index (χ4n) is 1.59. The third-order valence-corrected chi connectivity index (χ3v) is 5.14. The molecule has 1 heterocycles. The summed E-state index contributed by atoms with van der Waals surface area (Å²) in [6.07, 6.45) is 0. The van der Waals surface area contributed by atoms with Crippen LogP contribution in [-0.2, 0) is 10.0 Å². The molecule has 0 saturated carbocycles. The van der Waals surface area contributed by atoms with Gasteiger partial charge in [-0.2, -0.15) is 0 Å². The van der Waals surface area contributed by atoms with Crippen molar-refractivity contribution in [3.8, 4) is 0 Å². The maximum Gasteiger partial charge on any atom is 0.346 e. The molecule has 0 amide bonds. The van der Waals surface area contributed by atoms with E-state index in [0.717, 1.165) is 23.5 Å². The van der Waals surface area contributed by atoms with Gasteiger partial charge in [0.05, 0.1) is 0 Å². The van der Waals surface area contributed by atoms with Crippen LogP contribution < -0.4 is 4.72 Å². The first-order chi connectivity index (χ1) is 9.31. The van der Waals surface area contributed by atoms with Gasteiger partial charge in [-0.3, -0.25) is 4.72 Å². The van der Waals surface area contributed by atoms with E-state index in [4.69, 9.17) is 5.11 Å². The largest absolute Gasteiger partial charge is 0.477 e. The maximum atomic E-state index is 13.5. The molecule has 8 heteroatoms. The van der Waals surface area contributed by atoms with E-state index in [1.807, 2.05) is 0 Å². The normalized spacial score (nSPS) is 11.3. The van der Waals surface area contributed by atoms with E-state index in [1.54, 1.807) is 6.92 Å². The number of carboxylic acids is 1. The van der Waals surface area contributed by atoms with Crippen molar-refractivity contribution in [3.05, 3.63) is 46.6 Å². The first-order valence-electron chi connectivity index (χ1n) is 5.42. The van der Waals surface area contributed by atoms with Crippen molar-refractivity contribution in [3.63, 3.8) is 0 Å². The monoisotopic (exact) mass is 315 g/mol. The lowest BCUT2D eigenvalue weighted by molar-refractivity contribution is 0.0701. The highest BCUT2D eigenvalue weighted by molar-refractivity contribution is 7.93. The van der Waals surface area contributed by atoms with Crippen LogP contribution in [0.4, 0.5) is 9.39 Å². The number of carbonyl (C=O) groups is 1. The fraction of sp³-hybridized carbons (Fsp3) is 0.0833. The molecular weight excluding hydrogens is 305 g/mol. The zero-order valence-corrected chi connectivity index (χ0v) is 11.9. The summed E-state index contributed by atoms with van der Waals surface area (Å²) < 4.78 is 39.7. The van der Waals surface area contributed by atoms with Crippen LogP contribution in [0, 0.1) is 12.7 Å². The van der Waals surface area contributed by atoms with Gasteiger partial charge in [0.25, 0.3) is 10.0 Å². The summed E-state index contributed by atoms with van der Waals surface area (Å²) in [7, 11) is -4.08. The molecule has 0 aliphatic carbocycles. The lowest BCUT2D eigenvalue weighted by Gasteiger charge is -2.06. The van der Waals surface area contributed by atoms with Crippen LogP contribution in [0.5, 0.6) is 0 Å². The molecule has 0 aliphatic rings. The average Bonchev–Trinajstić information content (AvgIpc) is 2.69. The molecule has 0 saturated heterocycles. The van der Waals surface area contributed by atoms with Crippen molar-refractivity contribution in [2.24, 2.45) is 0 Å². The highest BCUT2D eigenvalue weighted by atomic mass is 32.2. The summed E-state index contributed by atoms with van der Waals surface area (Å²) >= 11 is 0.783. The van der Waals surface area contributed by atoms with E-state index in [-0.39, 0.29) is 9.88 Å². The number of hydrogen-bond acceptors (Lipinski definition) is 4. The standard InChI is InChI=1S/C12H10FNO4S2/c1-7-6-10(19-11(7)12(15)16)14-20(17,18)9-5-3-2-4-8(9)13/h2-6,14H,1H3,(H,15,16). The molecule has 1 aromatic heterocycles. The van der Waals surface area contributed by atoms with E-state index in [2.05, 4.69) is 4.72 Å². The van der Waals surface area contributed by atoms with Crippen LogP contribution in [0.15, 0.2) is 35.2 Å². The average molecular weight is 315 g/mol. The van der Waals surface area contributed by atoms with Gasteiger partial charge in [-0.15, -0.1) is 11.3 Å². The molecule has 0 bridgehead atoms. The van der Waals surface area contributed by atoms with Gasteiger partial charge in [-0.25, -0.2) is 17.6 Å². The van der Waals surface area contributed by atoms with Crippen LogP contribution >= 0.6 is 11.3 Å². The molecule has 5 nitrogen and oxygen atoms in total. The molecule has 0 radical (unpaired) electrons. The molecule has 106 valence electrons. The Morgan fingerprint density at radius 1 is 1.35 bits per heavy atom. The molecule has 2 rings (SSSR count). The van der Waals surface area contributed by atoms with Crippen molar-refractivity contribution in [1.82, 2.24) is 0 Å². The van der Waals surface area contributed by atoms with Crippen LogP contribution in [0.2, 0.25) is 0 Å². The van der Waals surface area contributed by atoms with Gasteiger partial charge < -0.3 is 5.11 Å². The third kappa shape index (κ3) is 2.81. The van der Waals surface area contributed by atoms with E-state index in [1.165, 1.54) is 18.2 Å². The number of halogens is 1. The molecule has 0 unspecified atom stereocenters. The number of aryl methyl sites for hydroxylation is 1. The number of aromatic carboxylic acids is 1. The zero-order valence-electron chi connectivity index (χ0n) is 10.3. The Morgan fingerprint density at radius 2 is 2.00 bits per heavy atom. The maximum absolute atomic E-state index is 13.5. The van der Waals surface area contributed by atoms with Gasteiger partial charge in [-0.05, 0) is 30.7 Å². The van der Waals surface area contributed by atoms with Gasteiger partial charge in [0.2, 0.25) is 0 Å². The van der Waals surface area contributed by atoms with Crippen molar-refractivity contribution >= 4 is 32.3 Å². The minimum absolute atomic E-state index is 0.0382. The molecule has 0 aliphatic heterocycles. The Hall–Kier alpha value is -1.93. The van der Waals surface area contributed by atoms with E-state index < -0.39 is 26.7 Å². The predicted octanol–water partition coefficient (Wildman–Crippen LogP) is 2.69. The number of carboxylic acid groups (broad SMARTS) is 1. The second-order valence-electron chi connectivity index (χ2n) is 3.96. The summed E-state index contributed by atoms with van der Waals surface area (Å²) in [5.74, 6) is -2.00. The summed E-state index contributed by atoms with van der Waals surface area (Å²) in [4.78, 5) is 10.5. The topological polar surface area (TPSA) is 83.5 Å². The number of sulfonamides is 1. The van der Waals surface area contributed by atoms with E-state index in [0.29, 0.717) is 5.56 Å². The smallest absolute Gasteiger partial charge is 0.346 e. The number of anilines is 1. The van der Waals surface area contributed by atoms with Gasteiger partial charge >= 0.3 is 5.97 Å². The number of nitrogens with one attached hydrogen (secondary N) is 1. The van der Waals surface area contributed by atoms with Crippen LogP contribution in [0.3, 0.4) is 0 Å². The van der Waals surface area contributed by atoms with E-state index >= 15 is 0 Å². The van der Waals surface area contributed by atoms with Crippen molar-refractivity contribution in [1.29, 1.82) is 0 Å². The van der Waals surface area contributed by atoms with Gasteiger partial charge in [0.15, 0.2) is 0 Å². The lowest BCUT2D eigenvalue weighted by atomic mass is 10.3. The molecule has 2 N–H and O–H groups in total. The molecule has 0 fully saturated rings. The quantitative estimate of drug-likeness (QED) is 0.908. The molecule has 20 heavy (non-hydrogen) atoms. The summed E-state index contributed by atoms with van der Waals surface area (Å²) in [6, 6.07) is 6.35. The first kappa shape index (κ1) is 14.5. The molecule has 2 aromatic rings. The third-order valence-electron chi connectivity index (χ3n) is 2.47. The lowest BCUT2D eigenvalue weighted by Crippen LogP contribution is -2.13. The number of hydrogen-bond donors (Lipinski definition) is 2. The van der Waals surface area contributed by atoms with Crippen molar-refractivity contribution in [2.45, 2.75) is 11.8 Å². The first-order valence-corrected chi connectivity index (χ1v) is 7.72. The van der Waals surface area contributed by atoms with Crippen molar-refractivity contribution < 1.29 is 22.7 Å². The van der Waals surface area contributed by atoms with E-state index in [9.17, 15) is 17.6 Å². The van der Waals surface area contributed by atoms with Gasteiger partial charge in [0, 0.05) is 0 Å². The summed E-state index contributed by atoms with van der Waals surface area (Å²) in [5.41, 5.74) is 0.439. The summed E-state index contributed by atoms with van der Waals surface area (Å²) in [6.45, 7) is 1.56. The Labute approximate surface area is 118 Å². The highest BCUT2D eigenvalue weighted by Crippen LogP contribution is 2.29. The van der Waals surface area contributed by atoms with Crippen LogP contribution in [-0.4, -0.2) is 19.5 Å². The van der Waals surface area contributed by atoms with Gasteiger partial charge in [-0.1, -0.05) is 12.1 Å². The minimum atomic E-state index is -4.08. The number of benzene rings is 1. The van der Waals surface area contributed by atoms with Crippen LogP contribution in [0.25, 0.3) is 0 Å². The molecule has 0 atom stereocenters. The SMILES string of the molecule is Cc1cc(NS(=O)(=O)c2ccccc2F)sc1C(=O)O. The van der Waals surface area contributed by atoms with Crippen LogP contribution in [0.1, 0.15) is 15.2 Å². The number of thiophene rings is 1. The second-order valence-corrected chi connectivity index (χ2v) is 6.67. The molecule has 1 aromatic carbocycles. The Morgan fingerprint density at radius 3 is 2.55 bits per heavy atom. The second kappa shape index (κ2) is 5.22. The Balaban J connectivity index is 2.37. The molecular formula is C12H10FNO4S2. The highest BCUT2D eigenvalue weighted by Gasteiger charge is 2.21. The Bertz CT molecular complexity index is 768. The zero-order chi connectivity index (χ0) is 14.9. The fourth-order valence-corrected chi connectivity index (χ4v) is 3.87. The number of rotatable bonds is 4. The van der Waals surface area contributed by atoms with Crippen molar-refractivity contribution in [2.75, 3.05) is 4.72 Å². The van der Waals surface area contributed by atoms with Gasteiger partial charge in [0.1, 0.15) is 20.6 Å². The summed E-state index contributed by atoms with van der Waals surface area (Å²) in [5, 5.41) is 9.04. The minimum Gasteiger partial charge on any atom is -0.477 e. The molecule has 0 spiro atoms.